The van der Waals surface area contributed by atoms with Gasteiger partial charge in [-0.15, -0.1) is 0 Å². The van der Waals surface area contributed by atoms with Crippen LogP contribution in [0.15, 0.2) is 12.1 Å². The lowest BCUT2D eigenvalue weighted by Gasteiger charge is -2.39. The predicted octanol–water partition coefficient (Wildman–Crippen LogP) is 2.22. The molecule has 1 saturated heterocycles. The van der Waals surface area contributed by atoms with E-state index >= 15 is 0 Å². The van der Waals surface area contributed by atoms with Gasteiger partial charge in [0.2, 0.25) is 0 Å². The largest absolute Gasteiger partial charge is 0.352 e. The molecule has 102 valence electrons. The zero-order valence-electron chi connectivity index (χ0n) is 11.8. The summed E-state index contributed by atoms with van der Waals surface area (Å²) in [7, 11) is 0. The van der Waals surface area contributed by atoms with Gasteiger partial charge < -0.3 is 10.6 Å². The second-order valence-corrected chi connectivity index (χ2v) is 5.35. The molecule has 2 atom stereocenters. The maximum atomic E-state index is 9.07. The number of piperidine rings is 1. The van der Waals surface area contributed by atoms with Crippen LogP contribution in [-0.4, -0.2) is 24.1 Å². The van der Waals surface area contributed by atoms with Crippen molar-refractivity contribution in [3.05, 3.63) is 23.4 Å². The molecule has 0 saturated carbocycles. The Kier molecular flexibility index (Phi) is 4.39. The summed E-state index contributed by atoms with van der Waals surface area (Å²) in [5.41, 5.74) is 7.49. The Balaban J connectivity index is 2.25. The normalized spacial score (nSPS) is 23.2. The van der Waals surface area contributed by atoms with Gasteiger partial charge in [0, 0.05) is 24.8 Å². The number of hydrogen-bond donors (Lipinski definition) is 1. The van der Waals surface area contributed by atoms with Crippen LogP contribution in [0.5, 0.6) is 0 Å². The van der Waals surface area contributed by atoms with Crippen LogP contribution in [0.25, 0.3) is 0 Å². The Morgan fingerprint density at radius 2 is 2.32 bits per heavy atom. The molecule has 4 heteroatoms. The van der Waals surface area contributed by atoms with Crippen molar-refractivity contribution in [2.24, 2.45) is 11.7 Å². The maximum Gasteiger partial charge on any atom is 0.130 e. The highest BCUT2D eigenvalue weighted by atomic mass is 15.2. The summed E-state index contributed by atoms with van der Waals surface area (Å²) in [6.07, 6.45) is 3.53. The van der Waals surface area contributed by atoms with Crippen molar-refractivity contribution in [3.8, 4) is 6.07 Å². The van der Waals surface area contributed by atoms with Crippen LogP contribution < -0.4 is 10.6 Å². The van der Waals surface area contributed by atoms with Gasteiger partial charge in [0.1, 0.15) is 5.82 Å². The first-order chi connectivity index (χ1) is 9.17. The highest BCUT2D eigenvalue weighted by Gasteiger charge is 2.27. The second kappa shape index (κ2) is 6.03. The third-order valence-corrected chi connectivity index (χ3v) is 4.04. The highest BCUT2D eigenvalue weighted by molar-refractivity contribution is 5.48. The van der Waals surface area contributed by atoms with Crippen molar-refractivity contribution in [1.29, 1.82) is 5.26 Å². The van der Waals surface area contributed by atoms with Gasteiger partial charge in [0.25, 0.3) is 0 Å². The number of nitrogens with two attached hydrogens (primary N) is 1. The number of rotatable bonds is 3. The van der Waals surface area contributed by atoms with Crippen molar-refractivity contribution >= 4 is 5.82 Å². The van der Waals surface area contributed by atoms with E-state index < -0.39 is 0 Å². The fraction of sp³-hybridized carbons (Fsp3) is 0.600. The molecular weight excluding hydrogens is 236 g/mol. The lowest BCUT2D eigenvalue weighted by molar-refractivity contribution is 0.334. The van der Waals surface area contributed by atoms with E-state index in [1.54, 1.807) is 0 Å². The van der Waals surface area contributed by atoms with E-state index in [2.05, 4.69) is 22.9 Å². The predicted molar refractivity (Wildman–Crippen MR) is 76.9 cm³/mol. The molecule has 0 aromatic carbocycles. The topological polar surface area (TPSA) is 65.9 Å². The molecule has 0 amide bonds. The van der Waals surface area contributed by atoms with Crippen LogP contribution in [0, 0.1) is 24.2 Å². The molecule has 1 aromatic heterocycles. The molecule has 1 fully saturated rings. The average Bonchev–Trinajstić information content (AvgIpc) is 2.45. The van der Waals surface area contributed by atoms with Crippen molar-refractivity contribution in [1.82, 2.24) is 4.98 Å². The first-order valence-corrected chi connectivity index (χ1v) is 7.03. The minimum absolute atomic E-state index is 0.347. The first kappa shape index (κ1) is 13.8. The van der Waals surface area contributed by atoms with E-state index in [1.807, 2.05) is 19.1 Å². The lowest BCUT2D eigenvalue weighted by Crippen LogP contribution is -2.47. The molecule has 0 aliphatic carbocycles. The van der Waals surface area contributed by atoms with Crippen LogP contribution >= 0.6 is 0 Å². The standard InChI is InChI=1S/C15H22N4/c1-3-12-4-5-19(14(7-12)10-17)15-8-13(9-16)6-11(2)18-15/h6,8,12,14H,3-5,7,10,17H2,1-2H3. The van der Waals surface area contributed by atoms with Crippen LogP contribution in [0.2, 0.25) is 0 Å². The molecule has 1 aromatic rings. The molecule has 0 bridgehead atoms. The average molecular weight is 258 g/mol. The number of nitrogens with zero attached hydrogens (tertiary/aromatic N) is 3. The van der Waals surface area contributed by atoms with Gasteiger partial charge in [0.15, 0.2) is 0 Å². The third kappa shape index (κ3) is 3.05. The third-order valence-electron chi connectivity index (χ3n) is 4.04. The molecule has 2 rings (SSSR count). The molecule has 1 aliphatic heterocycles. The zero-order valence-corrected chi connectivity index (χ0v) is 11.8. The van der Waals surface area contributed by atoms with Gasteiger partial charge >= 0.3 is 0 Å². The van der Waals surface area contributed by atoms with Crippen molar-refractivity contribution in [2.45, 2.75) is 39.2 Å². The zero-order chi connectivity index (χ0) is 13.8. The monoisotopic (exact) mass is 258 g/mol. The van der Waals surface area contributed by atoms with Gasteiger partial charge in [-0.3, -0.25) is 0 Å². The smallest absolute Gasteiger partial charge is 0.130 e. The summed E-state index contributed by atoms with van der Waals surface area (Å²) in [6.45, 7) is 5.81. The van der Waals surface area contributed by atoms with Gasteiger partial charge in [-0.2, -0.15) is 5.26 Å². The number of nitriles is 1. The molecule has 0 radical (unpaired) electrons. The van der Waals surface area contributed by atoms with Crippen molar-refractivity contribution in [2.75, 3.05) is 18.0 Å². The van der Waals surface area contributed by atoms with Crippen LogP contribution in [-0.2, 0) is 0 Å². The summed E-state index contributed by atoms with van der Waals surface area (Å²) in [5.74, 6) is 1.67. The first-order valence-electron chi connectivity index (χ1n) is 7.03. The van der Waals surface area contributed by atoms with Crippen LogP contribution in [0.3, 0.4) is 0 Å². The van der Waals surface area contributed by atoms with Crippen molar-refractivity contribution in [3.63, 3.8) is 0 Å². The minimum atomic E-state index is 0.347. The molecule has 2 unspecified atom stereocenters. The Labute approximate surface area is 115 Å². The molecule has 2 N–H and O–H groups in total. The summed E-state index contributed by atoms with van der Waals surface area (Å²) in [6, 6.07) is 6.25. The van der Waals surface area contributed by atoms with E-state index in [0.717, 1.165) is 30.4 Å². The van der Waals surface area contributed by atoms with Gasteiger partial charge in [-0.1, -0.05) is 13.3 Å². The van der Waals surface area contributed by atoms with Gasteiger partial charge in [-0.25, -0.2) is 4.98 Å². The Morgan fingerprint density at radius 3 is 2.95 bits per heavy atom. The maximum absolute atomic E-state index is 9.07. The van der Waals surface area contributed by atoms with Crippen molar-refractivity contribution < 1.29 is 0 Å². The minimum Gasteiger partial charge on any atom is -0.352 e. The van der Waals surface area contributed by atoms with E-state index in [4.69, 9.17) is 11.0 Å². The van der Waals surface area contributed by atoms with E-state index in [1.165, 1.54) is 12.8 Å². The van der Waals surface area contributed by atoms with Crippen LogP contribution in [0.4, 0.5) is 5.82 Å². The summed E-state index contributed by atoms with van der Waals surface area (Å²) >= 11 is 0. The van der Waals surface area contributed by atoms with E-state index in [-0.39, 0.29) is 0 Å². The Hall–Kier alpha value is -1.60. The molecular formula is C15H22N4. The molecule has 1 aliphatic rings. The molecule has 19 heavy (non-hydrogen) atoms. The molecule has 0 spiro atoms. The molecule has 4 nitrogen and oxygen atoms in total. The SMILES string of the molecule is CCC1CCN(c2cc(C#N)cc(C)n2)C(CN)C1. The lowest BCUT2D eigenvalue weighted by atomic mass is 9.89. The Morgan fingerprint density at radius 1 is 1.53 bits per heavy atom. The van der Waals surface area contributed by atoms with E-state index in [9.17, 15) is 0 Å². The van der Waals surface area contributed by atoms with Gasteiger partial charge in [-0.05, 0) is 37.8 Å². The summed E-state index contributed by atoms with van der Waals surface area (Å²) in [5, 5.41) is 9.07. The Bertz CT molecular complexity index is 478. The number of hydrogen-bond acceptors (Lipinski definition) is 4. The van der Waals surface area contributed by atoms with Crippen LogP contribution in [0.1, 0.15) is 37.4 Å². The highest BCUT2D eigenvalue weighted by Crippen LogP contribution is 2.28. The quantitative estimate of drug-likeness (QED) is 0.902. The fourth-order valence-electron chi connectivity index (χ4n) is 2.89. The summed E-state index contributed by atoms with van der Waals surface area (Å²) < 4.78 is 0. The van der Waals surface area contributed by atoms with Gasteiger partial charge in [0.05, 0.1) is 11.6 Å². The number of aromatic nitrogens is 1. The molecule has 2 heterocycles. The number of pyridine rings is 1. The second-order valence-electron chi connectivity index (χ2n) is 5.35. The fourth-order valence-corrected chi connectivity index (χ4v) is 2.89. The number of aryl methyl sites for hydroxylation is 1. The summed E-state index contributed by atoms with van der Waals surface area (Å²) in [4.78, 5) is 6.85. The number of anilines is 1. The van der Waals surface area contributed by atoms with E-state index in [0.29, 0.717) is 18.2 Å².